The van der Waals surface area contributed by atoms with Crippen LogP contribution in [0, 0.1) is 0 Å². The van der Waals surface area contributed by atoms with E-state index in [1.54, 1.807) is 34.2 Å². The highest BCUT2D eigenvalue weighted by atomic mass is 32.1. The van der Waals surface area contributed by atoms with Crippen LogP contribution in [-0.2, 0) is 0 Å². The SMILES string of the molecule is O=C(c1ccco1)c1cnn2c(-c3cccs3)ccnc12. The lowest BCUT2D eigenvalue weighted by Gasteiger charge is -2.01. The third-order valence-electron chi connectivity index (χ3n) is 3.16. The van der Waals surface area contributed by atoms with Crippen molar-refractivity contribution in [3.8, 4) is 10.6 Å². The van der Waals surface area contributed by atoms with Gasteiger partial charge in [0.15, 0.2) is 11.4 Å². The van der Waals surface area contributed by atoms with Crippen molar-refractivity contribution < 1.29 is 9.21 Å². The van der Waals surface area contributed by atoms with Crippen LogP contribution >= 0.6 is 11.3 Å². The molecule has 0 unspecified atom stereocenters. The number of furan rings is 1. The topological polar surface area (TPSA) is 60.4 Å². The molecule has 0 bridgehead atoms. The number of rotatable bonds is 3. The van der Waals surface area contributed by atoms with E-state index < -0.39 is 0 Å². The van der Waals surface area contributed by atoms with Crippen LogP contribution < -0.4 is 0 Å². The minimum Gasteiger partial charge on any atom is -0.461 e. The quantitative estimate of drug-likeness (QED) is 0.544. The summed E-state index contributed by atoms with van der Waals surface area (Å²) in [6, 6.07) is 9.19. The summed E-state index contributed by atoms with van der Waals surface area (Å²) in [6.45, 7) is 0. The zero-order valence-electron chi connectivity index (χ0n) is 10.8. The summed E-state index contributed by atoms with van der Waals surface area (Å²) in [7, 11) is 0. The highest BCUT2D eigenvalue weighted by Crippen LogP contribution is 2.25. The predicted octanol–water partition coefficient (Wildman–Crippen LogP) is 3.28. The first-order valence-corrected chi connectivity index (χ1v) is 7.17. The first kappa shape index (κ1) is 12.0. The molecule has 0 amide bonds. The normalized spacial score (nSPS) is 11.0. The van der Waals surface area contributed by atoms with Crippen molar-refractivity contribution in [2.45, 2.75) is 0 Å². The smallest absolute Gasteiger partial charge is 0.233 e. The van der Waals surface area contributed by atoms with Crippen LogP contribution in [0.4, 0.5) is 0 Å². The average Bonchev–Trinajstić information content (AvgIpc) is 3.25. The average molecular weight is 295 g/mol. The molecular formula is C15H9N3O2S. The molecule has 102 valence electrons. The second-order valence-corrected chi connectivity index (χ2v) is 5.36. The highest BCUT2D eigenvalue weighted by molar-refractivity contribution is 7.13. The Kier molecular flexibility index (Phi) is 2.68. The summed E-state index contributed by atoms with van der Waals surface area (Å²) in [5.41, 5.74) is 1.87. The molecular weight excluding hydrogens is 286 g/mol. The number of nitrogens with zero attached hydrogens (tertiary/aromatic N) is 3. The van der Waals surface area contributed by atoms with Gasteiger partial charge in [-0.05, 0) is 29.6 Å². The molecule has 5 nitrogen and oxygen atoms in total. The first-order valence-electron chi connectivity index (χ1n) is 6.29. The van der Waals surface area contributed by atoms with Gasteiger partial charge in [0.05, 0.1) is 28.6 Å². The van der Waals surface area contributed by atoms with Gasteiger partial charge in [-0.15, -0.1) is 11.3 Å². The third-order valence-corrected chi connectivity index (χ3v) is 4.06. The third kappa shape index (κ3) is 1.88. The molecule has 0 saturated heterocycles. The molecule has 4 rings (SSSR count). The molecule has 0 aliphatic heterocycles. The van der Waals surface area contributed by atoms with Crippen LogP contribution in [-0.4, -0.2) is 20.4 Å². The molecule has 0 N–H and O–H groups in total. The Balaban J connectivity index is 1.90. The van der Waals surface area contributed by atoms with E-state index in [1.165, 1.54) is 12.5 Å². The van der Waals surface area contributed by atoms with Gasteiger partial charge < -0.3 is 4.42 Å². The van der Waals surface area contributed by atoms with Crippen molar-refractivity contribution in [3.05, 3.63) is 65.7 Å². The number of carbonyl (C=O) groups is 1. The van der Waals surface area contributed by atoms with Crippen LogP contribution in [0.5, 0.6) is 0 Å². The Hall–Kier alpha value is -2.73. The standard InChI is InChI=1S/C15H9N3O2S/c19-14(12-3-1-7-20-12)10-9-17-18-11(5-6-16-15(10)18)13-4-2-8-21-13/h1-9H. The summed E-state index contributed by atoms with van der Waals surface area (Å²) < 4.78 is 6.84. The molecule has 6 heteroatoms. The van der Waals surface area contributed by atoms with Gasteiger partial charge in [0.1, 0.15) is 0 Å². The number of aromatic nitrogens is 3. The maximum atomic E-state index is 12.4. The van der Waals surface area contributed by atoms with Gasteiger partial charge in [-0.25, -0.2) is 9.50 Å². The zero-order valence-corrected chi connectivity index (χ0v) is 11.6. The van der Waals surface area contributed by atoms with E-state index in [0.717, 1.165) is 10.6 Å². The minimum absolute atomic E-state index is 0.217. The van der Waals surface area contributed by atoms with Gasteiger partial charge in [-0.3, -0.25) is 4.79 Å². The van der Waals surface area contributed by atoms with Crippen molar-refractivity contribution in [2.24, 2.45) is 0 Å². The fraction of sp³-hybridized carbons (Fsp3) is 0. The number of fused-ring (bicyclic) bond motifs is 1. The number of carbonyl (C=O) groups excluding carboxylic acids is 1. The van der Waals surface area contributed by atoms with Crippen molar-refractivity contribution in [2.75, 3.05) is 0 Å². The van der Waals surface area contributed by atoms with Gasteiger partial charge >= 0.3 is 0 Å². The molecule has 4 aromatic rings. The van der Waals surface area contributed by atoms with E-state index in [9.17, 15) is 4.79 Å². The van der Waals surface area contributed by atoms with Crippen LogP contribution in [0.3, 0.4) is 0 Å². The summed E-state index contributed by atoms with van der Waals surface area (Å²) in [5, 5.41) is 6.30. The lowest BCUT2D eigenvalue weighted by atomic mass is 10.2. The summed E-state index contributed by atoms with van der Waals surface area (Å²) in [6.07, 6.45) is 4.69. The van der Waals surface area contributed by atoms with E-state index >= 15 is 0 Å². The molecule has 0 aliphatic carbocycles. The molecule has 0 atom stereocenters. The van der Waals surface area contributed by atoms with Crippen molar-refractivity contribution in [1.82, 2.24) is 14.6 Å². The molecule has 4 heterocycles. The minimum atomic E-state index is -0.217. The monoisotopic (exact) mass is 295 g/mol. The second-order valence-electron chi connectivity index (χ2n) is 4.41. The largest absolute Gasteiger partial charge is 0.461 e. The fourth-order valence-electron chi connectivity index (χ4n) is 2.20. The Morgan fingerprint density at radius 3 is 2.95 bits per heavy atom. The molecule has 0 aliphatic rings. The van der Waals surface area contributed by atoms with E-state index in [2.05, 4.69) is 10.1 Å². The molecule has 0 radical (unpaired) electrons. The van der Waals surface area contributed by atoms with E-state index in [-0.39, 0.29) is 11.5 Å². The van der Waals surface area contributed by atoms with Gasteiger partial charge in [0, 0.05) is 6.20 Å². The molecule has 0 spiro atoms. The van der Waals surface area contributed by atoms with Gasteiger partial charge in [-0.2, -0.15) is 5.10 Å². The van der Waals surface area contributed by atoms with Crippen molar-refractivity contribution in [3.63, 3.8) is 0 Å². The molecule has 21 heavy (non-hydrogen) atoms. The summed E-state index contributed by atoms with van der Waals surface area (Å²) in [4.78, 5) is 17.8. The van der Waals surface area contributed by atoms with Crippen molar-refractivity contribution >= 4 is 22.8 Å². The second kappa shape index (κ2) is 4.68. The van der Waals surface area contributed by atoms with Crippen LogP contribution in [0.2, 0.25) is 0 Å². The van der Waals surface area contributed by atoms with E-state index in [0.29, 0.717) is 11.2 Å². The zero-order chi connectivity index (χ0) is 14.2. The highest BCUT2D eigenvalue weighted by Gasteiger charge is 2.19. The number of thiophene rings is 1. The summed E-state index contributed by atoms with van der Waals surface area (Å²) >= 11 is 1.61. The van der Waals surface area contributed by atoms with Crippen LogP contribution in [0.1, 0.15) is 16.1 Å². The van der Waals surface area contributed by atoms with Crippen LogP contribution in [0.25, 0.3) is 16.2 Å². The van der Waals surface area contributed by atoms with Crippen LogP contribution in [0.15, 0.2) is 58.8 Å². The molecule has 0 fully saturated rings. The van der Waals surface area contributed by atoms with E-state index in [4.69, 9.17) is 4.42 Å². The van der Waals surface area contributed by atoms with Gasteiger partial charge in [0.25, 0.3) is 0 Å². The van der Waals surface area contributed by atoms with Gasteiger partial charge in [0.2, 0.25) is 5.78 Å². The predicted molar refractivity (Wildman–Crippen MR) is 78.4 cm³/mol. The fourth-order valence-corrected chi connectivity index (χ4v) is 2.94. The molecule has 0 saturated carbocycles. The molecule has 0 aromatic carbocycles. The number of ketones is 1. The Labute approximate surface area is 123 Å². The lowest BCUT2D eigenvalue weighted by Crippen LogP contribution is -2.01. The van der Waals surface area contributed by atoms with Crippen molar-refractivity contribution in [1.29, 1.82) is 0 Å². The first-order chi connectivity index (χ1) is 10.3. The Morgan fingerprint density at radius 2 is 2.19 bits per heavy atom. The summed E-state index contributed by atoms with van der Waals surface area (Å²) in [5.74, 6) is 0.0686. The number of hydrogen-bond acceptors (Lipinski definition) is 5. The van der Waals surface area contributed by atoms with Gasteiger partial charge in [-0.1, -0.05) is 6.07 Å². The van der Waals surface area contributed by atoms with E-state index in [1.807, 2.05) is 23.6 Å². The Morgan fingerprint density at radius 1 is 1.24 bits per heavy atom. The maximum Gasteiger partial charge on any atom is 0.233 e. The number of hydrogen-bond donors (Lipinski definition) is 0. The molecule has 4 aromatic heterocycles. The Bertz CT molecular complexity index is 908. The lowest BCUT2D eigenvalue weighted by molar-refractivity contribution is 0.101. The maximum absolute atomic E-state index is 12.4.